The predicted octanol–water partition coefficient (Wildman–Crippen LogP) is 4.17. The fraction of sp³-hybridized carbons (Fsp3) is 0.381. The molecule has 0 aliphatic carbocycles. The minimum absolute atomic E-state index is 0. The first-order valence-electron chi connectivity index (χ1n) is 9.53. The molecular weight excluding hydrogens is 441 g/mol. The lowest BCUT2D eigenvalue weighted by Crippen LogP contribution is -2.25. The number of ether oxygens (including phenoxy) is 1. The second-order valence-electron chi connectivity index (χ2n) is 7.64. The van der Waals surface area contributed by atoms with Crippen molar-refractivity contribution in [2.75, 3.05) is 19.8 Å². The summed E-state index contributed by atoms with van der Waals surface area (Å²) < 4.78 is 22.8. The Bertz CT molecular complexity index is 1130. The highest BCUT2D eigenvalue weighted by Crippen LogP contribution is 2.40. The molecule has 10 heteroatoms. The van der Waals surface area contributed by atoms with Crippen LogP contribution in [0.1, 0.15) is 54.1 Å². The zero-order valence-electron chi connectivity index (χ0n) is 18.3. The third kappa shape index (κ3) is 4.43. The molecular formula is C21H27ClFN5O2S. The van der Waals surface area contributed by atoms with Gasteiger partial charge in [-0.15, -0.1) is 0 Å². The molecule has 0 saturated carbocycles. The highest BCUT2D eigenvalue weighted by atomic mass is 35.5. The van der Waals surface area contributed by atoms with Crippen molar-refractivity contribution >= 4 is 42.3 Å². The average Bonchev–Trinajstić information content (AvgIpc) is 3.01. The number of nitrogens with two attached hydrogens (primary N) is 1. The molecule has 0 radical (unpaired) electrons. The third-order valence-electron chi connectivity index (χ3n) is 4.81. The first-order chi connectivity index (χ1) is 14.0. The number of imidazole rings is 1. The Morgan fingerprint density at radius 2 is 1.97 bits per heavy atom. The minimum Gasteiger partial charge on any atom is -0.490 e. The van der Waals surface area contributed by atoms with Gasteiger partial charge < -0.3 is 15.4 Å². The second-order valence-corrected chi connectivity index (χ2v) is 8.05. The molecule has 3 aromatic rings. The van der Waals surface area contributed by atoms with Crippen LogP contribution in [0.15, 0.2) is 18.5 Å². The van der Waals surface area contributed by atoms with E-state index < -0.39 is 11.7 Å². The molecule has 2 N–H and O–H groups in total. The van der Waals surface area contributed by atoms with Crippen molar-refractivity contribution in [3.63, 3.8) is 0 Å². The maximum absolute atomic E-state index is 15.0. The summed E-state index contributed by atoms with van der Waals surface area (Å²) >= 11 is 6.20. The van der Waals surface area contributed by atoms with Crippen molar-refractivity contribution in [2.24, 2.45) is 0 Å². The van der Waals surface area contributed by atoms with Gasteiger partial charge in [-0.25, -0.2) is 14.4 Å². The van der Waals surface area contributed by atoms with E-state index in [0.717, 1.165) is 0 Å². The Kier molecular flexibility index (Phi) is 7.44. The Balaban J connectivity index is 0.00000341. The SMILES string of the molecule is Cc1nc([C@@H](C)c2cc(Cl)c(F)c(C(=O)N(C)C)c2OC(C)C)n2ccnc(N)c12.S. The van der Waals surface area contributed by atoms with Crippen LogP contribution in [0.2, 0.25) is 5.02 Å². The smallest absolute Gasteiger partial charge is 0.260 e. The predicted molar refractivity (Wildman–Crippen MR) is 125 cm³/mol. The molecule has 0 unspecified atom stereocenters. The van der Waals surface area contributed by atoms with E-state index in [9.17, 15) is 9.18 Å². The summed E-state index contributed by atoms with van der Waals surface area (Å²) in [6.45, 7) is 7.36. The number of benzene rings is 1. The van der Waals surface area contributed by atoms with Gasteiger partial charge in [0.2, 0.25) is 0 Å². The van der Waals surface area contributed by atoms with Gasteiger partial charge in [-0.1, -0.05) is 18.5 Å². The van der Waals surface area contributed by atoms with Crippen LogP contribution in [0, 0.1) is 12.7 Å². The van der Waals surface area contributed by atoms with Crippen molar-refractivity contribution in [1.82, 2.24) is 19.3 Å². The van der Waals surface area contributed by atoms with Crippen LogP contribution in [-0.2, 0) is 0 Å². The molecule has 1 atom stereocenters. The third-order valence-corrected chi connectivity index (χ3v) is 5.09. The van der Waals surface area contributed by atoms with Gasteiger partial charge in [0.1, 0.15) is 28.5 Å². The lowest BCUT2D eigenvalue weighted by Gasteiger charge is -2.23. The Morgan fingerprint density at radius 3 is 2.55 bits per heavy atom. The van der Waals surface area contributed by atoms with Gasteiger partial charge in [0, 0.05) is 38.0 Å². The number of rotatable bonds is 5. The molecule has 0 fully saturated rings. The van der Waals surface area contributed by atoms with Gasteiger partial charge in [0.25, 0.3) is 5.91 Å². The van der Waals surface area contributed by atoms with E-state index in [1.54, 1.807) is 26.5 Å². The summed E-state index contributed by atoms with van der Waals surface area (Å²) in [5.74, 6) is -0.546. The number of anilines is 1. The maximum Gasteiger partial charge on any atom is 0.260 e. The number of nitrogens with zero attached hydrogens (tertiary/aromatic N) is 4. The van der Waals surface area contributed by atoms with Crippen molar-refractivity contribution in [1.29, 1.82) is 0 Å². The van der Waals surface area contributed by atoms with E-state index in [2.05, 4.69) is 9.97 Å². The molecule has 168 valence electrons. The molecule has 2 heterocycles. The molecule has 3 rings (SSSR count). The summed E-state index contributed by atoms with van der Waals surface area (Å²) in [6, 6.07) is 1.49. The summed E-state index contributed by atoms with van der Waals surface area (Å²) in [7, 11) is 3.10. The van der Waals surface area contributed by atoms with E-state index >= 15 is 0 Å². The molecule has 7 nitrogen and oxygen atoms in total. The fourth-order valence-electron chi connectivity index (χ4n) is 3.44. The fourth-order valence-corrected chi connectivity index (χ4v) is 3.65. The largest absolute Gasteiger partial charge is 0.490 e. The first kappa shape index (κ1) is 24.7. The lowest BCUT2D eigenvalue weighted by atomic mass is 9.95. The van der Waals surface area contributed by atoms with E-state index in [0.29, 0.717) is 28.4 Å². The highest BCUT2D eigenvalue weighted by Gasteiger charge is 2.30. The van der Waals surface area contributed by atoms with Gasteiger partial charge in [0.15, 0.2) is 5.82 Å². The van der Waals surface area contributed by atoms with E-state index in [-0.39, 0.29) is 41.9 Å². The number of carbonyl (C=O) groups is 1. The van der Waals surface area contributed by atoms with Crippen LogP contribution >= 0.6 is 25.1 Å². The number of halogens is 2. The second kappa shape index (κ2) is 9.32. The van der Waals surface area contributed by atoms with Crippen LogP contribution in [0.4, 0.5) is 10.2 Å². The quantitative estimate of drug-likeness (QED) is 0.608. The number of hydrogen-bond acceptors (Lipinski definition) is 5. The van der Waals surface area contributed by atoms with E-state index in [1.165, 1.54) is 11.0 Å². The molecule has 31 heavy (non-hydrogen) atoms. The Labute approximate surface area is 192 Å². The molecule has 0 aliphatic heterocycles. The van der Waals surface area contributed by atoms with Crippen LogP contribution < -0.4 is 10.5 Å². The summed E-state index contributed by atoms with van der Waals surface area (Å²) in [5, 5.41) is -0.156. The molecule has 0 aliphatic rings. The number of nitrogen functional groups attached to an aromatic ring is 1. The first-order valence-corrected chi connectivity index (χ1v) is 9.91. The number of carbonyl (C=O) groups excluding carboxylic acids is 1. The standard InChI is InChI=1S/C21H25ClFN5O2.H2S/c1-10(2)30-18-13(9-14(22)16(23)15(18)21(29)27(5)6)11(3)20-26-12(4)17-19(24)25-7-8-28(17)20;/h7-11H,1-6H3,(H2,24,25);1H2/t11-;/m0./s1. The number of aromatic nitrogens is 3. The molecule has 1 aromatic carbocycles. The number of amides is 1. The Morgan fingerprint density at radius 1 is 1.32 bits per heavy atom. The highest BCUT2D eigenvalue weighted by molar-refractivity contribution is 7.59. The van der Waals surface area contributed by atoms with Gasteiger partial charge in [-0.3, -0.25) is 9.20 Å². The van der Waals surface area contributed by atoms with Gasteiger partial charge in [-0.05, 0) is 26.8 Å². The summed E-state index contributed by atoms with van der Waals surface area (Å²) in [5.41, 5.74) is 7.81. The van der Waals surface area contributed by atoms with E-state index in [4.69, 9.17) is 22.1 Å². The van der Waals surface area contributed by atoms with Crippen LogP contribution in [0.3, 0.4) is 0 Å². The number of fused-ring (bicyclic) bond motifs is 1. The van der Waals surface area contributed by atoms with Crippen LogP contribution in [0.5, 0.6) is 5.75 Å². The monoisotopic (exact) mass is 467 g/mol. The zero-order valence-corrected chi connectivity index (χ0v) is 20.1. The number of hydrogen-bond donors (Lipinski definition) is 1. The van der Waals surface area contributed by atoms with E-state index in [1.807, 2.05) is 32.1 Å². The topological polar surface area (TPSA) is 85.8 Å². The summed E-state index contributed by atoms with van der Waals surface area (Å²) in [6.07, 6.45) is 3.06. The van der Waals surface area contributed by atoms with Gasteiger partial charge >= 0.3 is 0 Å². The van der Waals surface area contributed by atoms with Crippen molar-refractivity contribution in [3.05, 3.63) is 51.9 Å². The zero-order chi connectivity index (χ0) is 22.3. The molecule has 2 aromatic heterocycles. The molecule has 1 amide bonds. The van der Waals surface area contributed by atoms with Crippen LogP contribution in [-0.4, -0.2) is 45.4 Å². The van der Waals surface area contributed by atoms with Gasteiger partial charge in [0.05, 0.1) is 16.8 Å². The molecule has 0 saturated heterocycles. The van der Waals surface area contributed by atoms with Crippen molar-refractivity contribution < 1.29 is 13.9 Å². The summed E-state index contributed by atoms with van der Waals surface area (Å²) in [4.78, 5) is 22.9. The van der Waals surface area contributed by atoms with Crippen molar-refractivity contribution in [3.8, 4) is 5.75 Å². The van der Waals surface area contributed by atoms with Crippen molar-refractivity contribution in [2.45, 2.75) is 39.7 Å². The molecule has 0 bridgehead atoms. The lowest BCUT2D eigenvalue weighted by molar-refractivity contribution is 0.0816. The molecule has 0 spiro atoms. The van der Waals surface area contributed by atoms with Gasteiger partial charge in [-0.2, -0.15) is 13.5 Å². The van der Waals surface area contributed by atoms with Crippen LogP contribution in [0.25, 0.3) is 5.52 Å². The normalized spacial score (nSPS) is 12.0. The Hall–Kier alpha value is -2.52. The number of aryl methyl sites for hydroxylation is 1. The average molecular weight is 468 g/mol. The maximum atomic E-state index is 15.0. The minimum atomic E-state index is -0.806.